The molecule has 3 aromatic rings. The summed E-state index contributed by atoms with van der Waals surface area (Å²) >= 11 is 0. The Balaban J connectivity index is 1.50. The smallest absolute Gasteiger partial charge is 0.410 e. The van der Waals surface area contributed by atoms with Crippen molar-refractivity contribution in [1.82, 2.24) is 25.1 Å². The van der Waals surface area contributed by atoms with Crippen molar-refractivity contribution in [1.29, 1.82) is 0 Å². The van der Waals surface area contributed by atoms with Crippen LogP contribution < -0.4 is 5.32 Å². The summed E-state index contributed by atoms with van der Waals surface area (Å²) in [5.74, 6) is 0. The van der Waals surface area contributed by atoms with E-state index in [4.69, 9.17) is 4.74 Å². The van der Waals surface area contributed by atoms with Crippen LogP contribution in [0, 0.1) is 0 Å². The third-order valence-electron chi connectivity index (χ3n) is 4.89. The molecule has 8 heteroatoms. The number of aromatic amines is 2. The lowest BCUT2D eigenvalue weighted by Gasteiger charge is -2.34. The average molecular weight is 382 g/mol. The molecule has 4 rings (SSSR count). The van der Waals surface area contributed by atoms with Gasteiger partial charge in [0.25, 0.3) is 0 Å². The van der Waals surface area contributed by atoms with Crippen LogP contribution in [0.4, 0.5) is 10.5 Å². The van der Waals surface area contributed by atoms with Gasteiger partial charge in [-0.2, -0.15) is 5.10 Å². The Morgan fingerprint density at radius 3 is 2.75 bits per heavy atom. The molecule has 1 amide bonds. The van der Waals surface area contributed by atoms with Crippen LogP contribution in [0.15, 0.2) is 30.9 Å². The van der Waals surface area contributed by atoms with Crippen LogP contribution in [0.1, 0.15) is 33.6 Å². The molecular weight excluding hydrogens is 356 g/mol. The number of piperidine rings is 1. The summed E-state index contributed by atoms with van der Waals surface area (Å²) < 4.78 is 5.49. The summed E-state index contributed by atoms with van der Waals surface area (Å²) in [6, 6.07) is 2.30. The average Bonchev–Trinajstić information content (AvgIpc) is 3.33. The van der Waals surface area contributed by atoms with Gasteiger partial charge < -0.3 is 19.9 Å². The molecule has 3 aromatic heterocycles. The molecule has 0 saturated carbocycles. The van der Waals surface area contributed by atoms with Gasteiger partial charge in [0.1, 0.15) is 11.2 Å². The number of aromatic nitrogens is 4. The fourth-order valence-electron chi connectivity index (χ4n) is 3.52. The minimum absolute atomic E-state index is 0.234. The van der Waals surface area contributed by atoms with E-state index in [2.05, 4.69) is 25.5 Å². The number of rotatable bonds is 3. The second kappa shape index (κ2) is 7.18. The Morgan fingerprint density at radius 1 is 1.29 bits per heavy atom. The molecule has 0 spiro atoms. The van der Waals surface area contributed by atoms with E-state index in [0.29, 0.717) is 13.1 Å². The van der Waals surface area contributed by atoms with Gasteiger partial charge >= 0.3 is 6.09 Å². The number of anilines is 1. The van der Waals surface area contributed by atoms with E-state index in [1.54, 1.807) is 11.1 Å². The molecule has 1 aliphatic rings. The number of amides is 1. The Hall–Kier alpha value is -3.03. The van der Waals surface area contributed by atoms with Crippen molar-refractivity contribution in [2.75, 3.05) is 18.4 Å². The van der Waals surface area contributed by atoms with Crippen LogP contribution >= 0.6 is 0 Å². The van der Waals surface area contributed by atoms with Crippen LogP contribution in [0.25, 0.3) is 22.2 Å². The summed E-state index contributed by atoms with van der Waals surface area (Å²) in [7, 11) is 0. The van der Waals surface area contributed by atoms with E-state index >= 15 is 0 Å². The first-order valence-corrected chi connectivity index (χ1v) is 9.60. The van der Waals surface area contributed by atoms with Gasteiger partial charge in [0.2, 0.25) is 0 Å². The number of hydrogen-bond acceptors (Lipinski definition) is 5. The molecular formula is C20H26N6O2. The highest BCUT2D eigenvalue weighted by Crippen LogP contribution is 2.34. The summed E-state index contributed by atoms with van der Waals surface area (Å²) in [6.45, 7) is 7.02. The van der Waals surface area contributed by atoms with E-state index in [1.165, 1.54) is 0 Å². The van der Waals surface area contributed by atoms with Gasteiger partial charge in [0.15, 0.2) is 0 Å². The third kappa shape index (κ3) is 3.81. The molecule has 0 radical (unpaired) electrons. The predicted molar refractivity (Wildman–Crippen MR) is 108 cm³/mol. The quantitative estimate of drug-likeness (QED) is 0.640. The highest BCUT2D eigenvalue weighted by molar-refractivity contribution is 5.98. The number of fused-ring (bicyclic) bond motifs is 1. The molecule has 1 saturated heterocycles. The molecule has 1 fully saturated rings. The molecule has 0 atom stereocenters. The lowest BCUT2D eigenvalue weighted by molar-refractivity contribution is 0.0210. The molecule has 0 bridgehead atoms. The Labute approximate surface area is 163 Å². The summed E-state index contributed by atoms with van der Waals surface area (Å²) in [6.07, 6.45) is 8.91. The van der Waals surface area contributed by atoms with E-state index in [-0.39, 0.29) is 12.1 Å². The second-order valence-corrected chi connectivity index (χ2v) is 8.16. The van der Waals surface area contributed by atoms with Gasteiger partial charge in [-0.1, -0.05) is 0 Å². The summed E-state index contributed by atoms with van der Waals surface area (Å²) in [5, 5.41) is 11.7. The fraction of sp³-hybridized carbons (Fsp3) is 0.450. The van der Waals surface area contributed by atoms with Gasteiger partial charge in [0, 0.05) is 54.2 Å². The zero-order valence-corrected chi connectivity index (χ0v) is 16.5. The van der Waals surface area contributed by atoms with Crippen LogP contribution in [-0.2, 0) is 4.74 Å². The normalized spacial score (nSPS) is 15.8. The molecule has 4 heterocycles. The number of nitrogens with zero attached hydrogens (tertiary/aromatic N) is 3. The van der Waals surface area contributed by atoms with Crippen molar-refractivity contribution in [3.8, 4) is 11.1 Å². The molecule has 1 aliphatic heterocycles. The lowest BCUT2D eigenvalue weighted by Crippen LogP contribution is -2.44. The predicted octanol–water partition coefficient (Wildman–Crippen LogP) is 3.76. The van der Waals surface area contributed by atoms with Crippen molar-refractivity contribution in [3.05, 3.63) is 30.9 Å². The number of likely N-dealkylation sites (tertiary alicyclic amines) is 1. The minimum Gasteiger partial charge on any atom is -0.444 e. The van der Waals surface area contributed by atoms with Crippen molar-refractivity contribution in [3.63, 3.8) is 0 Å². The second-order valence-electron chi connectivity index (χ2n) is 8.16. The van der Waals surface area contributed by atoms with Crippen LogP contribution in [-0.4, -0.2) is 55.9 Å². The number of nitrogens with one attached hydrogen (secondary N) is 3. The van der Waals surface area contributed by atoms with Crippen LogP contribution in [0.2, 0.25) is 0 Å². The summed E-state index contributed by atoms with van der Waals surface area (Å²) in [5.41, 5.74) is 3.42. The largest absolute Gasteiger partial charge is 0.444 e. The Bertz CT molecular complexity index is 949. The van der Waals surface area contributed by atoms with Crippen LogP contribution in [0.3, 0.4) is 0 Å². The highest BCUT2D eigenvalue weighted by Gasteiger charge is 2.27. The van der Waals surface area contributed by atoms with Gasteiger partial charge in [-0.05, 0) is 39.7 Å². The van der Waals surface area contributed by atoms with E-state index in [9.17, 15) is 4.79 Å². The number of pyridine rings is 1. The van der Waals surface area contributed by atoms with Gasteiger partial charge in [-0.3, -0.25) is 5.10 Å². The highest BCUT2D eigenvalue weighted by atomic mass is 16.6. The molecule has 28 heavy (non-hydrogen) atoms. The maximum absolute atomic E-state index is 12.3. The number of hydrogen-bond donors (Lipinski definition) is 3. The Kier molecular flexibility index (Phi) is 4.70. The van der Waals surface area contributed by atoms with Gasteiger partial charge in [-0.25, -0.2) is 9.78 Å². The first kappa shape index (κ1) is 18.3. The first-order valence-electron chi connectivity index (χ1n) is 9.60. The van der Waals surface area contributed by atoms with Crippen molar-refractivity contribution >= 4 is 22.8 Å². The van der Waals surface area contributed by atoms with Gasteiger partial charge in [-0.15, -0.1) is 0 Å². The molecule has 148 valence electrons. The number of H-pyrrole nitrogens is 2. The fourth-order valence-corrected chi connectivity index (χ4v) is 3.52. The Morgan fingerprint density at radius 2 is 2.07 bits per heavy atom. The molecule has 0 aliphatic carbocycles. The van der Waals surface area contributed by atoms with E-state index in [1.807, 2.05) is 45.4 Å². The third-order valence-corrected chi connectivity index (χ3v) is 4.89. The molecule has 0 aromatic carbocycles. The first-order chi connectivity index (χ1) is 13.4. The summed E-state index contributed by atoms with van der Waals surface area (Å²) in [4.78, 5) is 21.8. The van der Waals surface area contributed by atoms with Crippen LogP contribution in [0.5, 0.6) is 0 Å². The number of ether oxygens (including phenoxy) is 1. The topological polar surface area (TPSA) is 98.9 Å². The van der Waals surface area contributed by atoms with Crippen molar-refractivity contribution < 1.29 is 9.53 Å². The SMILES string of the molecule is CC(C)(C)OC(=O)N1CCC(Nc2c(-c3cn[nH]c3)cnc3[nH]ccc23)CC1. The van der Waals surface area contributed by atoms with Gasteiger partial charge in [0.05, 0.1) is 11.9 Å². The zero-order chi connectivity index (χ0) is 19.7. The lowest BCUT2D eigenvalue weighted by atomic mass is 10.0. The monoisotopic (exact) mass is 382 g/mol. The molecule has 3 N–H and O–H groups in total. The number of carbonyl (C=O) groups excluding carboxylic acids is 1. The standard InChI is InChI=1S/C20H26N6O2/c1-20(2,3)28-19(27)26-8-5-14(6-9-26)25-17-15-4-7-21-18(15)22-12-16(17)13-10-23-24-11-13/h4,7,10-12,14H,5-6,8-9H2,1-3H3,(H,23,24)(H2,21,22,25). The maximum Gasteiger partial charge on any atom is 0.410 e. The maximum atomic E-state index is 12.3. The number of carbonyl (C=O) groups is 1. The van der Waals surface area contributed by atoms with E-state index in [0.717, 1.165) is 40.7 Å². The van der Waals surface area contributed by atoms with Crippen molar-refractivity contribution in [2.24, 2.45) is 0 Å². The molecule has 0 unspecified atom stereocenters. The minimum atomic E-state index is -0.470. The molecule has 8 nitrogen and oxygen atoms in total. The van der Waals surface area contributed by atoms with Crippen molar-refractivity contribution in [2.45, 2.75) is 45.3 Å². The van der Waals surface area contributed by atoms with E-state index < -0.39 is 5.60 Å². The zero-order valence-electron chi connectivity index (χ0n) is 16.5.